The van der Waals surface area contributed by atoms with E-state index in [0.29, 0.717) is 5.57 Å². The van der Waals surface area contributed by atoms with Crippen molar-refractivity contribution in [2.75, 3.05) is 6.61 Å². The fourth-order valence-corrected chi connectivity index (χ4v) is 8.10. The number of carbonyl (C=O) groups is 5. The van der Waals surface area contributed by atoms with Crippen molar-refractivity contribution in [1.29, 1.82) is 0 Å². The summed E-state index contributed by atoms with van der Waals surface area (Å²) in [6, 6.07) is 0. The second-order valence-electron chi connectivity index (χ2n) is 13.0. The van der Waals surface area contributed by atoms with Crippen LogP contribution in [0.1, 0.15) is 75.2 Å². The predicted octanol–water partition coefficient (Wildman–Crippen LogP) is 1.29. The van der Waals surface area contributed by atoms with Crippen LogP contribution < -0.4 is 0 Å². The zero-order valence-corrected chi connectivity index (χ0v) is 26.0. The third-order valence-corrected chi connectivity index (χ3v) is 9.97. The van der Waals surface area contributed by atoms with Gasteiger partial charge in [-0.2, -0.15) is 0 Å². The first-order valence-corrected chi connectivity index (χ1v) is 14.4. The van der Waals surface area contributed by atoms with Gasteiger partial charge in [-0.25, -0.2) is 0 Å². The van der Waals surface area contributed by atoms with Crippen molar-refractivity contribution in [3.8, 4) is 0 Å². The van der Waals surface area contributed by atoms with Gasteiger partial charge in [0.05, 0.1) is 18.1 Å². The average Bonchev–Trinajstić information content (AvgIpc) is 3.63. The maximum Gasteiger partial charge on any atom is 0.303 e. The number of fused-ring (bicyclic) bond motifs is 4. The Morgan fingerprint density at radius 1 is 0.791 bits per heavy atom. The number of carbonyl (C=O) groups excluding carboxylic acids is 5. The van der Waals surface area contributed by atoms with Crippen molar-refractivity contribution in [2.24, 2.45) is 16.7 Å². The van der Waals surface area contributed by atoms with Crippen molar-refractivity contribution < 1.29 is 62.6 Å². The van der Waals surface area contributed by atoms with Gasteiger partial charge in [0, 0.05) is 58.8 Å². The van der Waals surface area contributed by atoms with Gasteiger partial charge < -0.3 is 38.6 Å². The highest BCUT2D eigenvalue weighted by Crippen LogP contribution is 2.66. The Kier molecular flexibility index (Phi) is 8.29. The molecule has 3 aliphatic carbocycles. The minimum atomic E-state index is -2.05. The lowest BCUT2D eigenvalue weighted by Crippen LogP contribution is -2.76. The van der Waals surface area contributed by atoms with Gasteiger partial charge in [0.2, 0.25) is 0 Å². The van der Waals surface area contributed by atoms with E-state index in [0.717, 1.165) is 6.92 Å². The Bertz CT molecular complexity index is 1250. The molecule has 0 unspecified atom stereocenters. The van der Waals surface area contributed by atoms with E-state index in [2.05, 4.69) is 0 Å². The van der Waals surface area contributed by atoms with Crippen molar-refractivity contribution in [2.45, 2.75) is 123 Å². The molecular weight excluding hydrogens is 568 g/mol. The van der Waals surface area contributed by atoms with Crippen LogP contribution in [0.3, 0.4) is 0 Å². The molecule has 0 radical (unpaired) electrons. The highest BCUT2D eigenvalue weighted by Gasteiger charge is 2.79. The Morgan fingerprint density at radius 2 is 1.28 bits per heavy atom. The largest absolute Gasteiger partial charge is 0.462 e. The molecule has 1 spiro atoms. The fraction of sp³-hybridized carbons (Fsp3) is 0.767. The summed E-state index contributed by atoms with van der Waals surface area (Å²) in [6.45, 7) is 12.5. The molecule has 2 bridgehead atoms. The Morgan fingerprint density at radius 3 is 1.74 bits per heavy atom. The van der Waals surface area contributed by atoms with Gasteiger partial charge >= 0.3 is 29.8 Å². The first kappa shape index (κ1) is 32.9. The lowest BCUT2D eigenvalue weighted by atomic mass is 9.45. The highest BCUT2D eigenvalue weighted by molar-refractivity contribution is 5.70. The number of ether oxygens (including phenoxy) is 6. The van der Waals surface area contributed by atoms with Crippen LogP contribution >= 0.6 is 0 Å². The molecule has 4 aliphatic rings. The Labute approximate surface area is 250 Å². The predicted molar refractivity (Wildman–Crippen MR) is 145 cm³/mol. The molecule has 43 heavy (non-hydrogen) atoms. The maximum absolute atomic E-state index is 12.9. The fourth-order valence-electron chi connectivity index (χ4n) is 8.10. The van der Waals surface area contributed by atoms with Crippen LogP contribution in [-0.2, 0) is 52.4 Å². The third-order valence-electron chi connectivity index (χ3n) is 9.97. The van der Waals surface area contributed by atoms with E-state index in [1.165, 1.54) is 27.7 Å². The summed E-state index contributed by atoms with van der Waals surface area (Å²) in [5.41, 5.74) is -5.73. The van der Waals surface area contributed by atoms with Crippen LogP contribution in [-0.4, -0.2) is 94.5 Å². The van der Waals surface area contributed by atoms with Crippen molar-refractivity contribution in [3.63, 3.8) is 0 Å². The van der Waals surface area contributed by atoms with E-state index in [1.54, 1.807) is 27.7 Å². The third kappa shape index (κ3) is 5.12. The summed E-state index contributed by atoms with van der Waals surface area (Å²) >= 11 is 0. The molecule has 0 aromatic rings. The van der Waals surface area contributed by atoms with Gasteiger partial charge in [-0.3, -0.25) is 24.0 Å². The Balaban J connectivity index is 2.19. The molecule has 4 rings (SSSR count). The SMILES string of the molecule is CC(=O)O[C@H]1C[C@@]2(O)[C@@H](OC(C)=O)[C@H]3[C@]4(CO4)[C@@H](O)C[C@@H](OC(C)=O)[C@]3(C)[C@@H](OC(C)=O)[C@@H](OC(C)=O)C(=C1C)C2(C)C. The molecule has 240 valence electrons. The van der Waals surface area contributed by atoms with Gasteiger partial charge in [-0.1, -0.05) is 20.8 Å². The van der Waals surface area contributed by atoms with Crippen molar-refractivity contribution in [3.05, 3.63) is 11.1 Å². The van der Waals surface area contributed by atoms with Crippen LogP contribution in [0.2, 0.25) is 0 Å². The summed E-state index contributed by atoms with van der Waals surface area (Å²) in [5, 5.41) is 24.4. The molecular formula is C30H42O13. The Hall–Kier alpha value is -3.03. The number of hydrogen-bond acceptors (Lipinski definition) is 13. The zero-order chi connectivity index (χ0) is 32.4. The van der Waals surface area contributed by atoms with Crippen LogP contribution in [0.15, 0.2) is 11.1 Å². The van der Waals surface area contributed by atoms with E-state index < -0.39 is 94.4 Å². The van der Waals surface area contributed by atoms with Crippen LogP contribution in [0, 0.1) is 16.7 Å². The molecule has 3 fully saturated rings. The van der Waals surface area contributed by atoms with Gasteiger partial charge in [-0.05, 0) is 18.1 Å². The second-order valence-corrected chi connectivity index (χ2v) is 13.0. The van der Waals surface area contributed by atoms with Gasteiger partial charge in [0.1, 0.15) is 29.5 Å². The quantitative estimate of drug-likeness (QED) is 0.197. The molecule has 13 heteroatoms. The summed E-state index contributed by atoms with van der Waals surface area (Å²) in [5.74, 6) is -4.82. The average molecular weight is 611 g/mol. The zero-order valence-electron chi connectivity index (χ0n) is 26.0. The smallest absolute Gasteiger partial charge is 0.303 e. The molecule has 0 aromatic carbocycles. The number of rotatable bonds is 5. The van der Waals surface area contributed by atoms with Crippen molar-refractivity contribution in [1.82, 2.24) is 0 Å². The summed E-state index contributed by atoms with van der Waals surface area (Å²) in [4.78, 5) is 63.0. The van der Waals surface area contributed by atoms with E-state index in [-0.39, 0.29) is 25.0 Å². The monoisotopic (exact) mass is 610 g/mol. The second kappa shape index (κ2) is 10.8. The maximum atomic E-state index is 12.9. The lowest BCUT2D eigenvalue weighted by molar-refractivity contribution is -0.283. The van der Waals surface area contributed by atoms with E-state index in [4.69, 9.17) is 28.4 Å². The molecule has 0 amide bonds. The minimum Gasteiger partial charge on any atom is -0.462 e. The summed E-state index contributed by atoms with van der Waals surface area (Å²) in [7, 11) is 0. The van der Waals surface area contributed by atoms with Crippen LogP contribution in [0.25, 0.3) is 0 Å². The molecule has 2 N–H and O–H groups in total. The van der Waals surface area contributed by atoms with Crippen molar-refractivity contribution >= 4 is 29.8 Å². The van der Waals surface area contributed by atoms with Crippen LogP contribution in [0.5, 0.6) is 0 Å². The topological polar surface area (TPSA) is 184 Å². The highest BCUT2D eigenvalue weighted by atomic mass is 16.6. The summed E-state index contributed by atoms with van der Waals surface area (Å²) < 4.78 is 35.3. The van der Waals surface area contributed by atoms with E-state index in [9.17, 15) is 34.2 Å². The first-order valence-electron chi connectivity index (χ1n) is 14.4. The molecule has 13 nitrogen and oxygen atoms in total. The number of epoxide rings is 1. The number of esters is 5. The molecule has 0 aromatic heterocycles. The van der Waals surface area contributed by atoms with Crippen LogP contribution in [0.4, 0.5) is 0 Å². The molecule has 2 saturated carbocycles. The molecule has 1 heterocycles. The minimum absolute atomic E-state index is 0.0182. The lowest BCUT2D eigenvalue weighted by Gasteiger charge is -2.64. The normalized spacial score (nSPS) is 41.1. The van der Waals surface area contributed by atoms with Gasteiger partial charge in [0.25, 0.3) is 0 Å². The molecule has 10 atom stereocenters. The standard InChI is InChI=1S/C30H42O13/c1-13-19(39-14(2)31)11-30(37)26(43-18(6)35)24-28(9,21(40-15(3)32)10-20(36)29(24)12-38-29)25(42-17(5)34)23(41-16(4)33)22(13)27(30,7)8/h19-21,23-26,36-37H,10-12H2,1-9H3/t19-,20-,21+,23-,24+,25-,26-,28-,29-,30+/m0/s1. The first-order chi connectivity index (χ1) is 19.7. The van der Waals surface area contributed by atoms with E-state index in [1.807, 2.05) is 0 Å². The van der Waals surface area contributed by atoms with Gasteiger partial charge in [-0.15, -0.1) is 0 Å². The number of aliphatic hydroxyl groups excluding tert-OH is 1. The van der Waals surface area contributed by atoms with E-state index >= 15 is 0 Å². The molecule has 1 saturated heterocycles. The number of aliphatic hydroxyl groups is 2. The number of hydrogen-bond donors (Lipinski definition) is 2. The molecule has 1 aliphatic heterocycles. The summed E-state index contributed by atoms with van der Waals surface area (Å²) in [6.07, 6.45) is -8.19. The van der Waals surface area contributed by atoms with Gasteiger partial charge in [0.15, 0.2) is 12.2 Å².